The zero-order valence-corrected chi connectivity index (χ0v) is 32.3. The Kier molecular flexibility index (Phi) is 7.69. The van der Waals surface area contributed by atoms with Gasteiger partial charge in [-0.3, -0.25) is 0 Å². The summed E-state index contributed by atoms with van der Waals surface area (Å²) in [5, 5.41) is 2.30. The molecule has 60 heavy (non-hydrogen) atoms. The minimum absolute atomic E-state index is 0.622. The molecule has 1 spiro atoms. The fraction of sp³-hybridized carbons (Fsp3) is 0.0182. The lowest BCUT2D eigenvalue weighted by Gasteiger charge is -2.40. The van der Waals surface area contributed by atoms with Gasteiger partial charge in [0.1, 0.15) is 11.5 Å². The smallest absolute Gasteiger partial charge is 0.164 e. The average Bonchev–Trinajstić information content (AvgIpc) is 3.62. The van der Waals surface area contributed by atoms with Gasteiger partial charge in [-0.25, -0.2) is 19.9 Å². The van der Waals surface area contributed by atoms with E-state index in [9.17, 15) is 0 Å². The fourth-order valence-electron chi connectivity index (χ4n) is 9.33. The summed E-state index contributed by atoms with van der Waals surface area (Å²) in [5.41, 5.74) is 13.0. The highest BCUT2D eigenvalue weighted by Crippen LogP contribution is 2.63. The Morgan fingerprint density at radius 3 is 1.47 bits per heavy atom. The molecule has 0 fully saturated rings. The summed E-state index contributed by atoms with van der Waals surface area (Å²) in [5.74, 6) is 3.58. The number of fused-ring (bicyclic) bond motifs is 11. The van der Waals surface area contributed by atoms with Crippen LogP contribution in [-0.2, 0) is 5.41 Å². The van der Waals surface area contributed by atoms with Crippen molar-refractivity contribution in [2.75, 3.05) is 0 Å². The van der Waals surface area contributed by atoms with Crippen LogP contribution in [0.2, 0.25) is 0 Å². The third kappa shape index (κ3) is 5.19. The number of hydrogen-bond acceptors (Lipinski definition) is 5. The van der Waals surface area contributed by atoms with Crippen LogP contribution in [0.4, 0.5) is 0 Å². The van der Waals surface area contributed by atoms with Crippen LogP contribution in [0.15, 0.2) is 206 Å². The second-order valence-corrected chi connectivity index (χ2v) is 15.3. The molecule has 1 atom stereocenters. The normalized spacial score (nSPS) is 14.5. The molecule has 0 amide bonds. The van der Waals surface area contributed by atoms with Crippen LogP contribution in [0.1, 0.15) is 22.3 Å². The molecule has 1 aliphatic carbocycles. The summed E-state index contributed by atoms with van der Waals surface area (Å²) < 4.78 is 6.82. The van der Waals surface area contributed by atoms with Gasteiger partial charge in [0.25, 0.3) is 0 Å². The van der Waals surface area contributed by atoms with Gasteiger partial charge in [0.2, 0.25) is 0 Å². The molecule has 0 radical (unpaired) electrons. The lowest BCUT2D eigenvalue weighted by molar-refractivity contribution is 0.437. The average molecular weight is 767 g/mol. The van der Waals surface area contributed by atoms with Crippen molar-refractivity contribution in [3.05, 3.63) is 229 Å². The van der Waals surface area contributed by atoms with Crippen LogP contribution in [-0.4, -0.2) is 19.9 Å². The van der Waals surface area contributed by atoms with Gasteiger partial charge in [0.15, 0.2) is 17.5 Å². The monoisotopic (exact) mass is 766 g/mol. The Bertz CT molecular complexity index is 3220. The molecule has 280 valence electrons. The predicted octanol–water partition coefficient (Wildman–Crippen LogP) is 13.2. The van der Waals surface area contributed by atoms with Crippen LogP contribution < -0.4 is 4.74 Å². The van der Waals surface area contributed by atoms with Crippen LogP contribution in [0.25, 0.3) is 78.6 Å². The quantitative estimate of drug-likeness (QED) is 0.175. The first-order chi connectivity index (χ1) is 29.7. The first-order valence-electron chi connectivity index (χ1n) is 20.2. The molecule has 2 aliphatic rings. The van der Waals surface area contributed by atoms with Gasteiger partial charge in [-0.05, 0) is 40.3 Å². The molecule has 5 nitrogen and oxygen atoms in total. The van der Waals surface area contributed by atoms with Gasteiger partial charge < -0.3 is 4.74 Å². The number of pyridine rings is 1. The molecule has 0 bridgehead atoms. The van der Waals surface area contributed by atoms with E-state index in [0.717, 1.165) is 78.3 Å². The zero-order chi connectivity index (χ0) is 39.6. The van der Waals surface area contributed by atoms with Crippen LogP contribution in [0, 0.1) is 0 Å². The Morgan fingerprint density at radius 1 is 0.317 bits per heavy atom. The summed E-state index contributed by atoms with van der Waals surface area (Å²) in [6, 6.07) is 71.9. The second-order valence-electron chi connectivity index (χ2n) is 15.3. The van der Waals surface area contributed by atoms with E-state index < -0.39 is 5.41 Å². The maximum absolute atomic E-state index is 6.82. The predicted molar refractivity (Wildman–Crippen MR) is 240 cm³/mol. The van der Waals surface area contributed by atoms with Crippen LogP contribution >= 0.6 is 0 Å². The molecular formula is C55H34N4O. The summed E-state index contributed by atoms with van der Waals surface area (Å²) >= 11 is 0. The van der Waals surface area contributed by atoms with E-state index >= 15 is 0 Å². The number of nitrogens with zero attached hydrogens (tertiary/aromatic N) is 4. The first kappa shape index (κ1) is 34.1. The third-order valence-electron chi connectivity index (χ3n) is 12.0. The molecule has 0 saturated heterocycles. The van der Waals surface area contributed by atoms with E-state index in [1.807, 2.05) is 60.7 Å². The largest absolute Gasteiger partial charge is 0.457 e. The first-order valence-corrected chi connectivity index (χ1v) is 20.2. The number of benzene rings is 8. The fourth-order valence-corrected chi connectivity index (χ4v) is 9.33. The molecule has 5 heteroatoms. The number of hydrogen-bond donors (Lipinski definition) is 0. The van der Waals surface area contributed by atoms with Crippen molar-refractivity contribution in [3.63, 3.8) is 0 Å². The van der Waals surface area contributed by atoms with E-state index in [4.69, 9.17) is 24.7 Å². The van der Waals surface area contributed by atoms with E-state index in [1.54, 1.807) is 0 Å². The molecule has 2 aromatic heterocycles. The minimum atomic E-state index is -0.694. The van der Waals surface area contributed by atoms with Crippen molar-refractivity contribution in [3.8, 4) is 79.3 Å². The van der Waals surface area contributed by atoms with Gasteiger partial charge in [-0.15, -0.1) is 0 Å². The number of rotatable bonds is 5. The molecule has 1 aliphatic heterocycles. The van der Waals surface area contributed by atoms with Gasteiger partial charge in [0, 0.05) is 49.9 Å². The van der Waals surface area contributed by atoms with E-state index in [-0.39, 0.29) is 0 Å². The van der Waals surface area contributed by atoms with Gasteiger partial charge in [-0.2, -0.15) is 0 Å². The second kappa shape index (κ2) is 13.5. The topological polar surface area (TPSA) is 60.8 Å². The Labute approximate surface area is 347 Å². The summed E-state index contributed by atoms with van der Waals surface area (Å²) in [7, 11) is 0. The lowest BCUT2D eigenvalue weighted by atomic mass is 9.65. The van der Waals surface area contributed by atoms with Gasteiger partial charge in [0.05, 0.1) is 16.8 Å². The maximum Gasteiger partial charge on any atom is 0.164 e. The molecule has 0 saturated carbocycles. The SMILES string of the molecule is c1ccc(-c2nc(-c3ccccc3)nc(-c3ccc(-c4ccc5c(c4)C4(c6ccccc6O5)c5ccccc5-c5nc(-c6ccccc6)c6ccccc6c54)cc3)n2)cc1. The van der Waals surface area contributed by atoms with E-state index in [1.165, 1.54) is 16.5 Å². The van der Waals surface area contributed by atoms with Crippen molar-refractivity contribution in [2.45, 2.75) is 5.41 Å². The minimum Gasteiger partial charge on any atom is -0.457 e. The standard InChI is InChI=1S/C55H34N4O/c1-4-16-36(17-5-1)50-42-23-11-10-22-41(42)49-51(56-50)43-24-12-13-25-44(43)55(49)45-26-14-15-27-47(45)60-48-33-32-40(34-46(48)55)35-28-30-39(31-29-35)54-58-52(37-18-6-2-7-19-37)57-53(59-54)38-20-8-3-9-21-38/h1-34H. The van der Waals surface area contributed by atoms with Crippen molar-refractivity contribution in [1.29, 1.82) is 0 Å². The summed E-state index contributed by atoms with van der Waals surface area (Å²) in [6.07, 6.45) is 0. The van der Waals surface area contributed by atoms with Crippen molar-refractivity contribution >= 4 is 10.8 Å². The molecular weight excluding hydrogens is 733 g/mol. The van der Waals surface area contributed by atoms with E-state index in [0.29, 0.717) is 17.5 Å². The molecule has 12 rings (SSSR count). The molecule has 1 unspecified atom stereocenters. The summed E-state index contributed by atoms with van der Waals surface area (Å²) in [6.45, 7) is 0. The zero-order valence-electron chi connectivity index (χ0n) is 32.3. The number of aromatic nitrogens is 4. The van der Waals surface area contributed by atoms with Crippen LogP contribution in [0.3, 0.4) is 0 Å². The third-order valence-corrected chi connectivity index (χ3v) is 12.0. The Hall–Kier alpha value is -8.02. The maximum atomic E-state index is 6.82. The highest BCUT2D eigenvalue weighted by Gasteiger charge is 2.53. The van der Waals surface area contributed by atoms with Crippen molar-refractivity contribution in [1.82, 2.24) is 19.9 Å². The van der Waals surface area contributed by atoms with Crippen molar-refractivity contribution < 1.29 is 4.74 Å². The van der Waals surface area contributed by atoms with Gasteiger partial charge >= 0.3 is 0 Å². The Balaban J connectivity index is 1.04. The molecule has 3 heterocycles. The van der Waals surface area contributed by atoms with Crippen molar-refractivity contribution in [2.24, 2.45) is 0 Å². The number of para-hydroxylation sites is 1. The van der Waals surface area contributed by atoms with Gasteiger partial charge in [-0.1, -0.05) is 188 Å². The lowest BCUT2D eigenvalue weighted by Crippen LogP contribution is -2.32. The highest BCUT2D eigenvalue weighted by molar-refractivity contribution is 6.05. The van der Waals surface area contributed by atoms with Crippen LogP contribution in [0.5, 0.6) is 11.5 Å². The molecule has 0 N–H and O–H groups in total. The summed E-state index contributed by atoms with van der Waals surface area (Å²) in [4.78, 5) is 20.4. The number of ether oxygens (including phenoxy) is 1. The highest BCUT2D eigenvalue weighted by atomic mass is 16.5. The molecule has 8 aromatic carbocycles. The Morgan fingerprint density at radius 2 is 0.800 bits per heavy atom. The molecule has 10 aromatic rings. The van der Waals surface area contributed by atoms with E-state index in [2.05, 4.69) is 146 Å².